The molecule has 0 saturated carbocycles. The third-order valence-electron chi connectivity index (χ3n) is 8.16. The molecule has 0 aliphatic rings. The lowest BCUT2D eigenvalue weighted by Gasteiger charge is -2.20. The average Bonchev–Trinajstić information content (AvgIpc) is 2.84. The average molecular weight is 419 g/mol. The van der Waals surface area contributed by atoms with Gasteiger partial charge < -0.3 is 0 Å². The highest BCUT2D eigenvalue weighted by Gasteiger charge is 2.19. The SMILES string of the molecule is Cc1ccc2c3ccc4c5ccc(C)c6c(C)ccc(c7ccc(c8cccc1c82)c3c74)c65. The zero-order valence-electron chi connectivity index (χ0n) is 19.0. The van der Waals surface area contributed by atoms with Crippen LogP contribution in [0.3, 0.4) is 0 Å². The summed E-state index contributed by atoms with van der Waals surface area (Å²) in [6, 6.07) is 30.2. The Balaban J connectivity index is 1.76. The minimum absolute atomic E-state index is 1.34. The van der Waals surface area contributed by atoms with Crippen LogP contribution >= 0.6 is 0 Å². The van der Waals surface area contributed by atoms with E-state index in [1.165, 1.54) is 92.1 Å². The van der Waals surface area contributed by atoms with Crippen LogP contribution in [-0.4, -0.2) is 0 Å². The lowest BCUT2D eigenvalue weighted by Crippen LogP contribution is -1.93. The molecule has 0 aliphatic carbocycles. The summed E-state index contributed by atoms with van der Waals surface area (Å²) in [6.07, 6.45) is 0. The fourth-order valence-electron chi connectivity index (χ4n) is 6.71. The van der Waals surface area contributed by atoms with Gasteiger partial charge >= 0.3 is 0 Å². The van der Waals surface area contributed by atoms with Crippen LogP contribution in [0.25, 0.3) is 75.4 Å². The van der Waals surface area contributed by atoms with Crippen molar-refractivity contribution in [1.82, 2.24) is 0 Å². The van der Waals surface area contributed by atoms with E-state index in [0.717, 1.165) is 0 Å². The molecule has 0 fully saturated rings. The van der Waals surface area contributed by atoms with Gasteiger partial charge in [-0.1, -0.05) is 78.9 Å². The fraction of sp³-hybridized carbons (Fsp3) is 0.0909. The Bertz CT molecular complexity index is 1980. The maximum atomic E-state index is 2.37. The minimum atomic E-state index is 1.34. The summed E-state index contributed by atoms with van der Waals surface area (Å²) in [5.74, 6) is 0. The molecule has 0 aromatic heterocycles. The molecule has 0 heteroatoms. The molecule has 8 aromatic carbocycles. The smallest absolute Gasteiger partial charge is 0.00139 e. The van der Waals surface area contributed by atoms with Crippen LogP contribution in [0.2, 0.25) is 0 Å². The zero-order chi connectivity index (χ0) is 22.0. The second-order valence-corrected chi connectivity index (χ2v) is 9.84. The lowest BCUT2D eigenvalue weighted by molar-refractivity contribution is 1.48. The second-order valence-electron chi connectivity index (χ2n) is 9.84. The van der Waals surface area contributed by atoms with Crippen molar-refractivity contribution in [3.05, 3.63) is 95.6 Å². The van der Waals surface area contributed by atoms with E-state index >= 15 is 0 Å². The number of fused-ring (bicyclic) bond motifs is 4. The van der Waals surface area contributed by atoms with Gasteiger partial charge in [0.25, 0.3) is 0 Å². The van der Waals surface area contributed by atoms with Crippen molar-refractivity contribution >= 4 is 75.4 Å². The first kappa shape index (κ1) is 17.6. The van der Waals surface area contributed by atoms with Gasteiger partial charge in [0.05, 0.1) is 0 Å². The standard InChI is InChI=1S/C33H22/c1-17-7-10-22-26-14-16-28-24-12-9-19(3)29-18(2)8-11-23(31(24)29)27-15-13-25(32(26)33(27)28)21-6-4-5-20(17)30(21)22/h4-16H,1-3H3. The van der Waals surface area contributed by atoms with E-state index in [9.17, 15) is 0 Å². The first-order chi connectivity index (χ1) is 16.1. The second kappa shape index (κ2) is 5.71. The summed E-state index contributed by atoms with van der Waals surface area (Å²) in [5.41, 5.74) is 4.06. The largest absolute Gasteiger partial charge is 0.0610 e. The van der Waals surface area contributed by atoms with Gasteiger partial charge in [-0.2, -0.15) is 0 Å². The molecular formula is C33H22. The fourth-order valence-corrected chi connectivity index (χ4v) is 6.71. The first-order valence-corrected chi connectivity index (χ1v) is 11.8. The summed E-state index contributed by atoms with van der Waals surface area (Å²) in [4.78, 5) is 0. The van der Waals surface area contributed by atoms with Crippen molar-refractivity contribution < 1.29 is 0 Å². The van der Waals surface area contributed by atoms with E-state index in [2.05, 4.69) is 99.6 Å². The molecule has 0 spiro atoms. The predicted octanol–water partition coefficient (Wildman–Crippen LogP) is 9.56. The molecule has 8 aromatic rings. The predicted molar refractivity (Wildman–Crippen MR) is 146 cm³/mol. The van der Waals surface area contributed by atoms with Crippen molar-refractivity contribution in [2.45, 2.75) is 20.8 Å². The zero-order valence-corrected chi connectivity index (χ0v) is 19.0. The molecule has 154 valence electrons. The molecule has 0 unspecified atom stereocenters. The Labute approximate surface area is 191 Å². The summed E-state index contributed by atoms with van der Waals surface area (Å²) >= 11 is 0. The van der Waals surface area contributed by atoms with Crippen LogP contribution in [-0.2, 0) is 0 Å². The van der Waals surface area contributed by atoms with E-state index in [0.29, 0.717) is 0 Å². The van der Waals surface area contributed by atoms with Gasteiger partial charge in [-0.05, 0) is 113 Å². The number of aryl methyl sites for hydroxylation is 3. The van der Waals surface area contributed by atoms with Crippen molar-refractivity contribution in [2.24, 2.45) is 0 Å². The number of hydrogen-bond donors (Lipinski definition) is 0. The highest BCUT2D eigenvalue weighted by atomic mass is 14.2. The Morgan fingerprint density at radius 3 is 1.12 bits per heavy atom. The van der Waals surface area contributed by atoms with Crippen LogP contribution < -0.4 is 0 Å². The third kappa shape index (κ3) is 1.95. The molecule has 0 amide bonds. The molecule has 0 aliphatic heterocycles. The minimum Gasteiger partial charge on any atom is -0.0610 e. The van der Waals surface area contributed by atoms with Gasteiger partial charge in [0.2, 0.25) is 0 Å². The highest BCUT2D eigenvalue weighted by molar-refractivity contribution is 6.42. The van der Waals surface area contributed by atoms with Gasteiger partial charge in [-0.25, -0.2) is 0 Å². The summed E-state index contributed by atoms with van der Waals surface area (Å²) in [7, 11) is 0. The monoisotopic (exact) mass is 418 g/mol. The lowest BCUT2D eigenvalue weighted by atomic mass is 9.83. The van der Waals surface area contributed by atoms with Gasteiger partial charge in [-0.15, -0.1) is 0 Å². The van der Waals surface area contributed by atoms with Crippen LogP contribution in [0.1, 0.15) is 16.7 Å². The van der Waals surface area contributed by atoms with Crippen molar-refractivity contribution in [1.29, 1.82) is 0 Å². The van der Waals surface area contributed by atoms with E-state index in [1.54, 1.807) is 0 Å². The maximum absolute atomic E-state index is 2.37. The molecule has 0 heterocycles. The molecular weight excluding hydrogens is 396 g/mol. The van der Waals surface area contributed by atoms with Crippen molar-refractivity contribution in [2.75, 3.05) is 0 Å². The summed E-state index contributed by atoms with van der Waals surface area (Å²) in [6.45, 7) is 6.70. The molecule has 33 heavy (non-hydrogen) atoms. The molecule has 0 radical (unpaired) electrons. The number of benzene rings is 8. The van der Waals surface area contributed by atoms with Gasteiger partial charge in [-0.3, -0.25) is 0 Å². The van der Waals surface area contributed by atoms with Crippen LogP contribution in [0.5, 0.6) is 0 Å². The Hall–Kier alpha value is -3.90. The van der Waals surface area contributed by atoms with Crippen LogP contribution in [0.15, 0.2) is 78.9 Å². The van der Waals surface area contributed by atoms with E-state index in [-0.39, 0.29) is 0 Å². The van der Waals surface area contributed by atoms with E-state index in [1.807, 2.05) is 0 Å². The third-order valence-corrected chi connectivity index (χ3v) is 8.16. The molecule has 0 nitrogen and oxygen atoms in total. The van der Waals surface area contributed by atoms with E-state index < -0.39 is 0 Å². The van der Waals surface area contributed by atoms with Gasteiger partial charge in [0.1, 0.15) is 0 Å². The summed E-state index contributed by atoms with van der Waals surface area (Å²) in [5, 5.41) is 19.4. The normalized spacial score (nSPS) is 12.7. The molecule has 0 atom stereocenters. The van der Waals surface area contributed by atoms with Crippen LogP contribution in [0, 0.1) is 20.8 Å². The molecule has 8 rings (SSSR count). The molecule has 0 bridgehead atoms. The summed E-state index contributed by atoms with van der Waals surface area (Å²) < 4.78 is 0. The van der Waals surface area contributed by atoms with Crippen molar-refractivity contribution in [3.8, 4) is 0 Å². The van der Waals surface area contributed by atoms with Crippen LogP contribution in [0.4, 0.5) is 0 Å². The highest BCUT2D eigenvalue weighted by Crippen LogP contribution is 2.48. The quantitative estimate of drug-likeness (QED) is 0.170. The molecule has 0 N–H and O–H groups in total. The van der Waals surface area contributed by atoms with Crippen molar-refractivity contribution in [3.63, 3.8) is 0 Å². The first-order valence-electron chi connectivity index (χ1n) is 11.8. The molecule has 0 saturated heterocycles. The number of rotatable bonds is 0. The van der Waals surface area contributed by atoms with Gasteiger partial charge in [0, 0.05) is 0 Å². The van der Waals surface area contributed by atoms with E-state index in [4.69, 9.17) is 0 Å². The Kier molecular flexibility index (Phi) is 3.05. The van der Waals surface area contributed by atoms with Gasteiger partial charge in [0.15, 0.2) is 0 Å². The maximum Gasteiger partial charge on any atom is -0.00139 e. The number of hydrogen-bond acceptors (Lipinski definition) is 0. The topological polar surface area (TPSA) is 0 Å². The Morgan fingerprint density at radius 2 is 0.606 bits per heavy atom. The Morgan fingerprint density at radius 1 is 0.273 bits per heavy atom.